The molecule has 0 spiro atoms. The first kappa shape index (κ1) is 18.2. The molecule has 0 fully saturated rings. The van der Waals surface area contributed by atoms with E-state index in [1.807, 2.05) is 24.5 Å². The van der Waals surface area contributed by atoms with Gasteiger partial charge in [-0.05, 0) is 61.9 Å². The summed E-state index contributed by atoms with van der Waals surface area (Å²) in [6.07, 6.45) is 5.42. The lowest BCUT2D eigenvalue weighted by Gasteiger charge is -2.15. The maximum atomic E-state index is 6.45. The smallest absolute Gasteiger partial charge is 0.137 e. The first-order valence-electron chi connectivity index (χ1n) is 6.81. The summed E-state index contributed by atoms with van der Waals surface area (Å²) >= 11 is 21.4. The van der Waals surface area contributed by atoms with Crippen molar-refractivity contribution in [1.29, 1.82) is 0 Å². The molecule has 122 valence electrons. The minimum absolute atomic E-state index is 0.414. The molecule has 0 aliphatic rings. The van der Waals surface area contributed by atoms with Gasteiger partial charge in [0.05, 0.1) is 0 Å². The van der Waals surface area contributed by atoms with Crippen molar-refractivity contribution in [3.8, 4) is 22.3 Å². The largest absolute Gasteiger partial charge is 0.243 e. The Labute approximate surface area is 171 Å². The molecule has 1 aromatic carbocycles. The van der Waals surface area contributed by atoms with Crippen LogP contribution < -0.4 is 0 Å². The monoisotopic (exact) mass is 502 g/mol. The van der Waals surface area contributed by atoms with Gasteiger partial charge in [0.15, 0.2) is 0 Å². The molecular formula is C17H10Br2Cl2N2S. The zero-order valence-corrected chi connectivity index (χ0v) is 17.9. The minimum atomic E-state index is 0.414. The molecule has 3 aromatic rings. The molecule has 2 aromatic heterocycles. The first-order chi connectivity index (χ1) is 11.5. The van der Waals surface area contributed by atoms with Crippen LogP contribution in [-0.2, 0) is 0 Å². The molecule has 24 heavy (non-hydrogen) atoms. The van der Waals surface area contributed by atoms with E-state index in [4.69, 9.17) is 23.2 Å². The van der Waals surface area contributed by atoms with Crippen LogP contribution in [0, 0.1) is 0 Å². The summed E-state index contributed by atoms with van der Waals surface area (Å²) in [5.74, 6) is 0. The number of pyridine rings is 2. The number of rotatable bonds is 3. The molecule has 7 heteroatoms. The van der Waals surface area contributed by atoms with Gasteiger partial charge in [0.25, 0.3) is 0 Å². The molecule has 0 aliphatic carbocycles. The molecular weight excluding hydrogens is 495 g/mol. The predicted molar refractivity (Wildman–Crippen MR) is 110 cm³/mol. The van der Waals surface area contributed by atoms with E-state index >= 15 is 0 Å². The zero-order valence-electron chi connectivity index (χ0n) is 12.4. The maximum Gasteiger partial charge on any atom is 0.137 e. The van der Waals surface area contributed by atoms with E-state index in [0.29, 0.717) is 10.3 Å². The maximum absolute atomic E-state index is 6.45. The fourth-order valence-electron chi connectivity index (χ4n) is 2.35. The molecule has 0 saturated carbocycles. The second-order valence-corrected chi connectivity index (χ2v) is 8.20. The van der Waals surface area contributed by atoms with Crippen molar-refractivity contribution >= 4 is 66.8 Å². The number of thioether (sulfide) groups is 1. The van der Waals surface area contributed by atoms with Crippen molar-refractivity contribution in [3.63, 3.8) is 0 Å². The standard InChI is InChI=1S/C17H10Br2Cl2N2S/c1-24-10-4-2-9(3-5-10)15-16(13(19)8-23-17(15)21)11-6-14(20)22-7-12(11)18/h2-8H,1H3. The SMILES string of the molecule is CSc1ccc(-c2c(Cl)ncc(Br)c2-c2cc(Cl)ncc2Br)cc1. The average molecular weight is 505 g/mol. The van der Waals surface area contributed by atoms with Crippen LogP contribution in [0.5, 0.6) is 0 Å². The van der Waals surface area contributed by atoms with Gasteiger partial charge >= 0.3 is 0 Å². The highest BCUT2D eigenvalue weighted by atomic mass is 79.9. The third kappa shape index (κ3) is 3.65. The van der Waals surface area contributed by atoms with Gasteiger partial charge in [0.1, 0.15) is 10.3 Å². The highest BCUT2D eigenvalue weighted by molar-refractivity contribution is 9.11. The van der Waals surface area contributed by atoms with E-state index in [-0.39, 0.29) is 0 Å². The number of nitrogens with zero attached hydrogens (tertiary/aromatic N) is 2. The molecule has 3 rings (SSSR count). The van der Waals surface area contributed by atoms with Gasteiger partial charge in [-0.1, -0.05) is 35.3 Å². The van der Waals surface area contributed by atoms with E-state index in [9.17, 15) is 0 Å². The molecule has 2 heterocycles. The molecule has 2 nitrogen and oxygen atoms in total. The van der Waals surface area contributed by atoms with Crippen LogP contribution in [0.3, 0.4) is 0 Å². The van der Waals surface area contributed by atoms with Gasteiger partial charge in [-0.15, -0.1) is 11.8 Å². The van der Waals surface area contributed by atoms with E-state index in [2.05, 4.69) is 54.0 Å². The van der Waals surface area contributed by atoms with E-state index in [0.717, 1.165) is 31.2 Å². The Morgan fingerprint density at radius 2 is 1.58 bits per heavy atom. The Hall–Kier alpha value is -0.590. The van der Waals surface area contributed by atoms with Crippen LogP contribution in [0.15, 0.2) is 56.6 Å². The van der Waals surface area contributed by atoms with Gasteiger partial charge in [-0.3, -0.25) is 0 Å². The Morgan fingerprint density at radius 3 is 2.25 bits per heavy atom. The third-order valence-corrected chi connectivity index (χ3v) is 5.93. The molecule has 0 saturated heterocycles. The molecule has 0 aliphatic heterocycles. The lowest BCUT2D eigenvalue weighted by atomic mass is 9.97. The average Bonchev–Trinajstić information content (AvgIpc) is 2.59. The van der Waals surface area contributed by atoms with Crippen molar-refractivity contribution in [2.45, 2.75) is 4.90 Å². The molecule has 0 bridgehead atoms. The molecule has 0 radical (unpaired) electrons. The number of benzene rings is 1. The summed E-state index contributed by atoms with van der Waals surface area (Å²) in [6.45, 7) is 0. The van der Waals surface area contributed by atoms with Gasteiger partial charge in [-0.2, -0.15) is 0 Å². The van der Waals surface area contributed by atoms with Crippen molar-refractivity contribution in [2.75, 3.05) is 6.26 Å². The highest BCUT2D eigenvalue weighted by Crippen LogP contribution is 2.44. The van der Waals surface area contributed by atoms with Crippen LogP contribution in [-0.4, -0.2) is 16.2 Å². The fourth-order valence-corrected chi connectivity index (χ4v) is 4.10. The number of hydrogen-bond acceptors (Lipinski definition) is 3. The lowest BCUT2D eigenvalue weighted by Crippen LogP contribution is -1.93. The normalized spacial score (nSPS) is 10.9. The van der Waals surface area contributed by atoms with Crippen molar-refractivity contribution < 1.29 is 0 Å². The summed E-state index contributed by atoms with van der Waals surface area (Å²) in [5, 5.41) is 0.849. The topological polar surface area (TPSA) is 25.8 Å². The summed E-state index contributed by atoms with van der Waals surface area (Å²) in [4.78, 5) is 9.57. The first-order valence-corrected chi connectivity index (χ1v) is 10.4. The highest BCUT2D eigenvalue weighted by Gasteiger charge is 2.19. The Balaban J connectivity index is 2.29. The van der Waals surface area contributed by atoms with Crippen molar-refractivity contribution in [1.82, 2.24) is 9.97 Å². The molecule has 0 amide bonds. The Bertz CT molecular complexity index is 902. The number of halogens is 4. The quantitative estimate of drug-likeness (QED) is 0.275. The summed E-state index contributed by atoms with van der Waals surface area (Å²) in [6, 6.07) is 10.0. The van der Waals surface area contributed by atoms with Crippen LogP contribution >= 0.6 is 66.8 Å². The third-order valence-electron chi connectivity index (χ3n) is 3.46. The van der Waals surface area contributed by atoms with Gasteiger partial charge < -0.3 is 0 Å². The van der Waals surface area contributed by atoms with E-state index in [1.165, 1.54) is 4.90 Å². The van der Waals surface area contributed by atoms with Gasteiger partial charge in [0.2, 0.25) is 0 Å². The Kier molecular flexibility index (Phi) is 5.88. The van der Waals surface area contributed by atoms with Crippen molar-refractivity contribution in [3.05, 3.63) is 62.0 Å². The van der Waals surface area contributed by atoms with Crippen LogP contribution in [0.4, 0.5) is 0 Å². The Morgan fingerprint density at radius 1 is 0.917 bits per heavy atom. The predicted octanol–water partition coefficient (Wildman–Crippen LogP) is 7.36. The number of aromatic nitrogens is 2. The summed E-state index contributed by atoms with van der Waals surface area (Å²) in [7, 11) is 0. The van der Waals surface area contributed by atoms with Crippen molar-refractivity contribution in [2.24, 2.45) is 0 Å². The molecule has 0 N–H and O–H groups in total. The van der Waals surface area contributed by atoms with Crippen LogP contribution in [0.25, 0.3) is 22.3 Å². The summed E-state index contributed by atoms with van der Waals surface area (Å²) < 4.78 is 1.66. The number of hydrogen-bond donors (Lipinski definition) is 0. The summed E-state index contributed by atoms with van der Waals surface area (Å²) in [5.41, 5.74) is 3.65. The second kappa shape index (κ2) is 7.75. The molecule has 0 unspecified atom stereocenters. The van der Waals surface area contributed by atoms with E-state index in [1.54, 1.807) is 24.2 Å². The second-order valence-electron chi connectivity index (χ2n) is 4.86. The minimum Gasteiger partial charge on any atom is -0.243 e. The van der Waals surface area contributed by atoms with Crippen LogP contribution in [0.1, 0.15) is 0 Å². The van der Waals surface area contributed by atoms with E-state index < -0.39 is 0 Å². The van der Waals surface area contributed by atoms with Gasteiger partial charge in [0, 0.05) is 42.9 Å². The zero-order chi connectivity index (χ0) is 17.3. The lowest BCUT2D eigenvalue weighted by molar-refractivity contribution is 1.28. The van der Waals surface area contributed by atoms with Gasteiger partial charge in [-0.25, -0.2) is 9.97 Å². The molecule has 0 atom stereocenters. The van der Waals surface area contributed by atoms with Crippen LogP contribution in [0.2, 0.25) is 10.3 Å². The fraction of sp³-hybridized carbons (Fsp3) is 0.0588.